The highest BCUT2D eigenvalue weighted by Crippen LogP contribution is 2.42. The minimum Gasteiger partial charge on any atom is -0.432 e. The molecule has 0 aromatic heterocycles. The van der Waals surface area contributed by atoms with Crippen LogP contribution < -0.4 is 0 Å². The number of unbranched alkanes of at least 4 members (excludes halogenated alkanes) is 27. The highest BCUT2D eigenvalue weighted by atomic mass is 32.1. The molecule has 4 heteroatoms. The molecule has 0 rings (SSSR count). The van der Waals surface area contributed by atoms with Crippen molar-refractivity contribution >= 4 is 17.3 Å². The Hall–Kier alpha value is -0.190. The number of aliphatic hydroxyl groups is 2. The maximum absolute atomic E-state index is 10.2. The molecule has 0 bridgehead atoms. The molecule has 0 spiro atoms. The van der Waals surface area contributed by atoms with Crippen molar-refractivity contribution in [2.24, 2.45) is 5.41 Å². The minimum atomic E-state index is -2.14. The first-order valence-corrected chi connectivity index (χ1v) is 21.4. The predicted octanol–water partition coefficient (Wildman–Crippen LogP) is 14.7. The largest absolute Gasteiger partial charge is 0.432 e. The standard InChI is InChI=1S/C42H84O3S/c1-5-9-12-15-18-21-24-27-30-33-36-41(39-40(46)45-42(43,44)8-4,37-34-31-28-25-22-19-16-13-10-6-2)38-35-32-29-26-23-20-17-14-11-7-3/h43-44H,5-39H2,1-4H3. The normalized spacial score (nSPS) is 12.2. The third-order valence-electron chi connectivity index (χ3n) is 10.4. The van der Waals surface area contributed by atoms with Gasteiger partial charge in [0, 0.05) is 12.8 Å². The van der Waals surface area contributed by atoms with Gasteiger partial charge in [-0.15, -0.1) is 0 Å². The predicted molar refractivity (Wildman–Crippen MR) is 208 cm³/mol. The molecule has 0 aromatic carbocycles. The molecule has 276 valence electrons. The first-order chi connectivity index (χ1) is 22.3. The van der Waals surface area contributed by atoms with Crippen LogP contribution in [0.15, 0.2) is 0 Å². The van der Waals surface area contributed by atoms with Crippen LogP contribution in [-0.4, -0.2) is 21.2 Å². The molecule has 0 saturated heterocycles. The zero-order valence-corrected chi connectivity index (χ0v) is 32.8. The zero-order chi connectivity index (χ0) is 34.0. The quantitative estimate of drug-likeness (QED) is 0.0393. The van der Waals surface area contributed by atoms with Crippen molar-refractivity contribution in [3.63, 3.8) is 0 Å². The molecule has 0 atom stereocenters. The van der Waals surface area contributed by atoms with Crippen LogP contribution in [0.1, 0.15) is 252 Å². The number of ether oxygens (including phenoxy) is 1. The molecule has 0 amide bonds. The van der Waals surface area contributed by atoms with Crippen molar-refractivity contribution in [1.29, 1.82) is 0 Å². The Balaban J connectivity index is 5.04. The molecule has 0 heterocycles. The molecule has 0 saturated carbocycles. The second-order valence-electron chi connectivity index (χ2n) is 15.0. The summed E-state index contributed by atoms with van der Waals surface area (Å²) in [7, 11) is 0. The Labute approximate surface area is 295 Å². The first kappa shape index (κ1) is 45.8. The lowest BCUT2D eigenvalue weighted by Gasteiger charge is -2.36. The second-order valence-corrected chi connectivity index (χ2v) is 15.5. The van der Waals surface area contributed by atoms with Gasteiger partial charge in [-0.3, -0.25) is 0 Å². The Morgan fingerprint density at radius 1 is 0.413 bits per heavy atom. The van der Waals surface area contributed by atoms with Gasteiger partial charge < -0.3 is 14.9 Å². The lowest BCUT2D eigenvalue weighted by atomic mass is 9.71. The highest BCUT2D eigenvalue weighted by Gasteiger charge is 2.33. The Kier molecular flexibility index (Phi) is 33.2. The SMILES string of the molecule is CCCCCCCCCCCCC(CCCCCCCCCCCC)(CCCCCCCCCCCC)CC(=S)OC(O)(O)CC. The average molecular weight is 669 g/mol. The molecule has 0 radical (unpaired) electrons. The molecule has 0 aliphatic heterocycles. The van der Waals surface area contributed by atoms with Gasteiger partial charge in [-0.1, -0.05) is 220 Å². The van der Waals surface area contributed by atoms with E-state index in [1.165, 1.54) is 212 Å². The van der Waals surface area contributed by atoms with Crippen molar-refractivity contribution in [1.82, 2.24) is 0 Å². The van der Waals surface area contributed by atoms with Crippen LogP contribution in [0, 0.1) is 5.41 Å². The van der Waals surface area contributed by atoms with Crippen molar-refractivity contribution < 1.29 is 14.9 Å². The summed E-state index contributed by atoms with van der Waals surface area (Å²) in [4.78, 5) is 0. The van der Waals surface area contributed by atoms with Gasteiger partial charge >= 0.3 is 5.97 Å². The van der Waals surface area contributed by atoms with E-state index in [1.54, 1.807) is 6.92 Å². The van der Waals surface area contributed by atoms with Gasteiger partial charge in [0.05, 0.1) is 0 Å². The van der Waals surface area contributed by atoms with Gasteiger partial charge in [0.25, 0.3) is 0 Å². The van der Waals surface area contributed by atoms with Crippen molar-refractivity contribution in [3.8, 4) is 0 Å². The molecule has 0 aromatic rings. The van der Waals surface area contributed by atoms with Crippen LogP contribution in [0.4, 0.5) is 0 Å². The Morgan fingerprint density at radius 2 is 0.652 bits per heavy atom. The number of rotatable bonds is 37. The fraction of sp³-hybridized carbons (Fsp3) is 0.976. The number of hydrogen-bond donors (Lipinski definition) is 2. The Bertz CT molecular complexity index is 575. The van der Waals surface area contributed by atoms with E-state index in [4.69, 9.17) is 17.0 Å². The number of thiocarbonyl (C=S) groups is 1. The fourth-order valence-electron chi connectivity index (χ4n) is 7.20. The summed E-state index contributed by atoms with van der Waals surface area (Å²) in [6, 6.07) is 0. The monoisotopic (exact) mass is 669 g/mol. The van der Waals surface area contributed by atoms with Gasteiger partial charge in [0.2, 0.25) is 0 Å². The van der Waals surface area contributed by atoms with E-state index in [0.717, 1.165) is 0 Å². The average Bonchev–Trinajstić information content (AvgIpc) is 3.03. The molecule has 2 N–H and O–H groups in total. The highest BCUT2D eigenvalue weighted by molar-refractivity contribution is 7.80. The summed E-state index contributed by atoms with van der Waals surface area (Å²) < 4.78 is 5.58. The minimum absolute atomic E-state index is 0.121. The van der Waals surface area contributed by atoms with Crippen molar-refractivity contribution in [2.45, 2.75) is 258 Å². The van der Waals surface area contributed by atoms with Crippen LogP contribution in [0.25, 0.3) is 0 Å². The van der Waals surface area contributed by atoms with Gasteiger partial charge in [-0.25, -0.2) is 0 Å². The maximum atomic E-state index is 10.2. The summed E-state index contributed by atoms with van der Waals surface area (Å²) in [5, 5.41) is 20.9. The van der Waals surface area contributed by atoms with Crippen molar-refractivity contribution in [3.05, 3.63) is 0 Å². The smallest absolute Gasteiger partial charge is 0.321 e. The van der Waals surface area contributed by atoms with Crippen molar-refractivity contribution in [2.75, 3.05) is 0 Å². The van der Waals surface area contributed by atoms with E-state index in [9.17, 15) is 10.2 Å². The molecular weight excluding hydrogens is 585 g/mol. The molecule has 0 aliphatic rings. The first-order valence-electron chi connectivity index (χ1n) is 21.0. The summed E-state index contributed by atoms with van der Waals surface area (Å²) >= 11 is 5.71. The second kappa shape index (κ2) is 33.3. The Morgan fingerprint density at radius 3 is 0.891 bits per heavy atom. The summed E-state index contributed by atoms with van der Waals surface area (Å²) in [5.41, 5.74) is 0.126. The lowest BCUT2D eigenvalue weighted by Crippen LogP contribution is -2.35. The van der Waals surface area contributed by atoms with E-state index in [2.05, 4.69) is 20.8 Å². The van der Waals surface area contributed by atoms with E-state index in [-0.39, 0.29) is 11.8 Å². The van der Waals surface area contributed by atoms with Crippen LogP contribution in [-0.2, 0) is 4.74 Å². The van der Waals surface area contributed by atoms with Crippen LogP contribution in [0.5, 0.6) is 0 Å². The van der Waals surface area contributed by atoms with Gasteiger partial charge in [0.1, 0.15) is 0 Å². The van der Waals surface area contributed by atoms with Gasteiger partial charge in [-0.05, 0) is 36.9 Å². The summed E-state index contributed by atoms with van der Waals surface area (Å²) in [6.45, 7) is 8.60. The molecule has 0 fully saturated rings. The summed E-state index contributed by atoms with van der Waals surface area (Å²) in [5.74, 6) is -2.14. The van der Waals surface area contributed by atoms with Crippen LogP contribution in [0.3, 0.4) is 0 Å². The lowest BCUT2D eigenvalue weighted by molar-refractivity contribution is -0.301. The maximum Gasteiger partial charge on any atom is 0.321 e. The van der Waals surface area contributed by atoms with E-state index >= 15 is 0 Å². The molecular formula is C42H84O3S. The third kappa shape index (κ3) is 29.9. The third-order valence-corrected chi connectivity index (χ3v) is 10.7. The summed E-state index contributed by atoms with van der Waals surface area (Å²) in [6.07, 6.45) is 45.1. The van der Waals surface area contributed by atoms with Gasteiger partial charge in [0.15, 0.2) is 5.05 Å². The van der Waals surface area contributed by atoms with Crippen LogP contribution >= 0.6 is 12.2 Å². The zero-order valence-electron chi connectivity index (χ0n) is 32.0. The molecule has 0 unspecified atom stereocenters. The van der Waals surface area contributed by atoms with E-state index < -0.39 is 5.97 Å². The molecule has 0 aliphatic carbocycles. The topological polar surface area (TPSA) is 49.7 Å². The molecule has 46 heavy (non-hydrogen) atoms. The van der Waals surface area contributed by atoms with E-state index in [1.807, 2.05) is 0 Å². The fourth-order valence-corrected chi connectivity index (χ4v) is 7.64. The van der Waals surface area contributed by atoms with Gasteiger partial charge in [-0.2, -0.15) is 0 Å². The van der Waals surface area contributed by atoms with E-state index in [0.29, 0.717) is 11.5 Å². The van der Waals surface area contributed by atoms with Crippen LogP contribution in [0.2, 0.25) is 0 Å². The number of hydrogen-bond acceptors (Lipinski definition) is 4. The molecule has 3 nitrogen and oxygen atoms in total.